The maximum absolute atomic E-state index is 9.58. The lowest BCUT2D eigenvalue weighted by atomic mass is 10.0. The average Bonchev–Trinajstić information content (AvgIpc) is 2.43. The van der Waals surface area contributed by atoms with Gasteiger partial charge in [0.05, 0.1) is 6.07 Å². The van der Waals surface area contributed by atoms with Crippen LogP contribution in [0.5, 0.6) is 5.75 Å². The molecule has 1 aliphatic rings. The molecule has 4 heteroatoms. The lowest BCUT2D eigenvalue weighted by molar-refractivity contribution is 0.0690. The zero-order valence-electron chi connectivity index (χ0n) is 12.3. The first-order valence-corrected chi connectivity index (χ1v) is 7.32. The molecule has 0 aromatic heterocycles. The fraction of sp³-hybridized carbons (Fsp3) is 0.562. The van der Waals surface area contributed by atoms with Crippen molar-refractivity contribution in [2.45, 2.75) is 32.4 Å². The molecule has 1 aromatic rings. The number of hydrogen-bond acceptors (Lipinski definition) is 4. The molecule has 1 heterocycles. The predicted octanol–water partition coefficient (Wildman–Crippen LogP) is 2.37. The Balaban J connectivity index is 2.09. The van der Waals surface area contributed by atoms with E-state index < -0.39 is 0 Å². The first kappa shape index (κ1) is 14.8. The summed E-state index contributed by atoms with van der Waals surface area (Å²) in [4.78, 5) is 4.69. The van der Waals surface area contributed by atoms with Crippen LogP contribution >= 0.6 is 0 Å². The number of aromatic hydroxyl groups is 1. The fourth-order valence-electron chi connectivity index (χ4n) is 2.94. The monoisotopic (exact) mass is 273 g/mol. The van der Waals surface area contributed by atoms with Crippen molar-refractivity contribution in [3.8, 4) is 11.8 Å². The van der Waals surface area contributed by atoms with Gasteiger partial charge in [-0.05, 0) is 37.6 Å². The third kappa shape index (κ3) is 3.30. The van der Waals surface area contributed by atoms with Crippen LogP contribution in [0.2, 0.25) is 0 Å². The van der Waals surface area contributed by atoms with E-state index in [4.69, 9.17) is 0 Å². The summed E-state index contributed by atoms with van der Waals surface area (Å²) in [5, 5.41) is 19.1. The maximum atomic E-state index is 9.58. The van der Waals surface area contributed by atoms with Crippen LogP contribution in [0.25, 0.3) is 0 Å². The quantitative estimate of drug-likeness (QED) is 0.915. The van der Waals surface area contributed by atoms with Crippen molar-refractivity contribution in [3.05, 3.63) is 29.8 Å². The molecule has 1 N–H and O–H groups in total. The van der Waals surface area contributed by atoms with Gasteiger partial charge in [0.25, 0.3) is 0 Å². The van der Waals surface area contributed by atoms with Crippen LogP contribution in [-0.4, -0.2) is 47.1 Å². The van der Waals surface area contributed by atoms with E-state index >= 15 is 0 Å². The topological polar surface area (TPSA) is 50.5 Å². The lowest BCUT2D eigenvalue weighted by Crippen LogP contribution is -2.52. The number of hydrogen-bond donors (Lipinski definition) is 1. The highest BCUT2D eigenvalue weighted by molar-refractivity contribution is 5.32. The van der Waals surface area contributed by atoms with E-state index in [0.29, 0.717) is 6.04 Å². The number of phenolic OH excluding ortho intramolecular Hbond substituents is 1. The van der Waals surface area contributed by atoms with Gasteiger partial charge in [-0.3, -0.25) is 9.80 Å². The molecular weight excluding hydrogens is 250 g/mol. The molecule has 0 aliphatic carbocycles. The van der Waals surface area contributed by atoms with E-state index in [-0.39, 0.29) is 11.8 Å². The Bertz CT molecular complexity index is 483. The zero-order chi connectivity index (χ0) is 14.5. The number of nitrogens with zero attached hydrogens (tertiary/aromatic N) is 3. The second-order valence-corrected chi connectivity index (χ2v) is 5.51. The van der Waals surface area contributed by atoms with Gasteiger partial charge in [0, 0.05) is 25.7 Å². The van der Waals surface area contributed by atoms with E-state index in [1.165, 1.54) is 6.42 Å². The minimum atomic E-state index is -0.270. The smallest absolute Gasteiger partial charge is 0.124 e. The fourth-order valence-corrected chi connectivity index (χ4v) is 2.94. The van der Waals surface area contributed by atoms with Crippen molar-refractivity contribution < 1.29 is 5.11 Å². The minimum Gasteiger partial charge on any atom is -0.508 e. The summed E-state index contributed by atoms with van der Waals surface area (Å²) in [5.74, 6) is 0.223. The first-order chi connectivity index (χ1) is 9.65. The van der Waals surface area contributed by atoms with Crippen molar-refractivity contribution in [1.82, 2.24) is 9.80 Å². The lowest BCUT2D eigenvalue weighted by Gasteiger charge is -2.41. The molecule has 2 unspecified atom stereocenters. The third-order valence-corrected chi connectivity index (χ3v) is 3.98. The van der Waals surface area contributed by atoms with Gasteiger partial charge in [0.1, 0.15) is 11.8 Å². The molecule has 0 radical (unpaired) electrons. The molecule has 4 nitrogen and oxygen atoms in total. The Hall–Kier alpha value is -1.57. The largest absolute Gasteiger partial charge is 0.508 e. The molecule has 1 fully saturated rings. The Morgan fingerprint density at radius 2 is 2.25 bits per heavy atom. The van der Waals surface area contributed by atoms with Crippen LogP contribution in [0.1, 0.15) is 31.9 Å². The number of rotatable bonds is 4. The van der Waals surface area contributed by atoms with Gasteiger partial charge < -0.3 is 5.11 Å². The van der Waals surface area contributed by atoms with Gasteiger partial charge in [0.15, 0.2) is 0 Å². The highest BCUT2D eigenvalue weighted by atomic mass is 16.3. The Kier molecular flexibility index (Phi) is 4.99. The Labute approximate surface area is 121 Å². The SMILES string of the molecule is CCCN1CCN(C(C#N)c2cccc(O)c2)CC1C. The predicted molar refractivity (Wildman–Crippen MR) is 79.4 cm³/mol. The van der Waals surface area contributed by atoms with Crippen molar-refractivity contribution in [3.63, 3.8) is 0 Å². The highest BCUT2D eigenvalue weighted by Crippen LogP contribution is 2.25. The number of piperazine rings is 1. The van der Waals surface area contributed by atoms with Crippen molar-refractivity contribution >= 4 is 0 Å². The van der Waals surface area contributed by atoms with E-state index in [1.807, 2.05) is 6.07 Å². The summed E-state index contributed by atoms with van der Waals surface area (Å²) >= 11 is 0. The molecule has 2 rings (SSSR count). The summed E-state index contributed by atoms with van der Waals surface area (Å²) in [6, 6.07) is 9.62. The standard InChI is InChI=1S/C16H23N3O/c1-3-7-18-8-9-19(12-13(18)2)16(11-17)14-5-4-6-15(20)10-14/h4-6,10,13,16,20H,3,7-9,12H2,1-2H3. The highest BCUT2D eigenvalue weighted by Gasteiger charge is 2.28. The molecule has 0 amide bonds. The molecule has 0 saturated carbocycles. The minimum absolute atomic E-state index is 0.223. The normalized spacial score (nSPS) is 22.4. The molecule has 2 atom stereocenters. The summed E-state index contributed by atoms with van der Waals surface area (Å²) < 4.78 is 0. The summed E-state index contributed by atoms with van der Waals surface area (Å²) in [6.45, 7) is 8.35. The molecular formula is C16H23N3O. The van der Waals surface area contributed by atoms with Gasteiger partial charge in [-0.25, -0.2) is 0 Å². The van der Waals surface area contributed by atoms with E-state index in [1.54, 1.807) is 18.2 Å². The van der Waals surface area contributed by atoms with Crippen LogP contribution in [0.15, 0.2) is 24.3 Å². The van der Waals surface area contributed by atoms with E-state index in [9.17, 15) is 10.4 Å². The number of nitriles is 1. The summed E-state index contributed by atoms with van der Waals surface area (Å²) in [7, 11) is 0. The molecule has 20 heavy (non-hydrogen) atoms. The van der Waals surface area contributed by atoms with Gasteiger partial charge in [-0.15, -0.1) is 0 Å². The van der Waals surface area contributed by atoms with Crippen LogP contribution in [0.3, 0.4) is 0 Å². The third-order valence-electron chi connectivity index (χ3n) is 3.98. The molecule has 1 aliphatic heterocycles. The van der Waals surface area contributed by atoms with Gasteiger partial charge in [0.2, 0.25) is 0 Å². The second kappa shape index (κ2) is 6.74. The Morgan fingerprint density at radius 3 is 2.85 bits per heavy atom. The van der Waals surface area contributed by atoms with Crippen LogP contribution in [-0.2, 0) is 0 Å². The molecule has 1 aromatic carbocycles. The molecule has 1 saturated heterocycles. The zero-order valence-corrected chi connectivity index (χ0v) is 12.3. The molecule has 108 valence electrons. The van der Waals surface area contributed by atoms with Crippen LogP contribution in [0, 0.1) is 11.3 Å². The number of benzene rings is 1. The summed E-state index contributed by atoms with van der Waals surface area (Å²) in [6.07, 6.45) is 1.17. The van der Waals surface area contributed by atoms with Crippen molar-refractivity contribution in [2.24, 2.45) is 0 Å². The van der Waals surface area contributed by atoms with Crippen LogP contribution in [0.4, 0.5) is 0 Å². The maximum Gasteiger partial charge on any atom is 0.124 e. The van der Waals surface area contributed by atoms with E-state index in [0.717, 1.165) is 31.7 Å². The van der Waals surface area contributed by atoms with Gasteiger partial charge >= 0.3 is 0 Å². The average molecular weight is 273 g/mol. The van der Waals surface area contributed by atoms with Gasteiger partial charge in [-0.1, -0.05) is 19.1 Å². The summed E-state index contributed by atoms with van der Waals surface area (Å²) in [5.41, 5.74) is 0.878. The van der Waals surface area contributed by atoms with Gasteiger partial charge in [-0.2, -0.15) is 5.26 Å². The van der Waals surface area contributed by atoms with Crippen molar-refractivity contribution in [2.75, 3.05) is 26.2 Å². The second-order valence-electron chi connectivity index (χ2n) is 5.51. The first-order valence-electron chi connectivity index (χ1n) is 7.32. The Morgan fingerprint density at radius 1 is 1.45 bits per heavy atom. The number of phenols is 1. The molecule has 0 spiro atoms. The molecule has 0 bridgehead atoms. The van der Waals surface area contributed by atoms with Crippen molar-refractivity contribution in [1.29, 1.82) is 5.26 Å². The van der Waals surface area contributed by atoms with Crippen LogP contribution < -0.4 is 0 Å². The van der Waals surface area contributed by atoms with E-state index in [2.05, 4.69) is 29.7 Å².